The average Bonchev–Trinajstić information content (AvgIpc) is 2.96. The van der Waals surface area contributed by atoms with E-state index in [1.807, 2.05) is 25.1 Å². The predicted molar refractivity (Wildman–Crippen MR) is 103 cm³/mol. The van der Waals surface area contributed by atoms with Crippen LogP contribution >= 0.6 is 0 Å². The minimum atomic E-state index is -3.64. The van der Waals surface area contributed by atoms with Gasteiger partial charge in [0.25, 0.3) is 0 Å². The molecule has 1 aromatic carbocycles. The lowest BCUT2D eigenvalue weighted by Crippen LogP contribution is -2.51. The van der Waals surface area contributed by atoms with Crippen LogP contribution in [-0.2, 0) is 10.0 Å². The molecule has 0 bridgehead atoms. The second kappa shape index (κ2) is 7.02. The van der Waals surface area contributed by atoms with Crippen molar-refractivity contribution in [2.24, 2.45) is 5.92 Å². The molecule has 2 aliphatic rings. The summed E-state index contributed by atoms with van der Waals surface area (Å²) >= 11 is 0. The van der Waals surface area contributed by atoms with E-state index in [1.54, 1.807) is 23.4 Å². The maximum atomic E-state index is 13.5. The third kappa shape index (κ3) is 2.91. The van der Waals surface area contributed by atoms with Gasteiger partial charge in [-0.25, -0.2) is 8.42 Å². The van der Waals surface area contributed by atoms with Crippen molar-refractivity contribution >= 4 is 10.0 Å². The predicted octanol–water partition coefficient (Wildman–Crippen LogP) is 4.34. The summed E-state index contributed by atoms with van der Waals surface area (Å²) in [6, 6.07) is 9.25. The van der Waals surface area contributed by atoms with E-state index in [1.165, 1.54) is 0 Å². The lowest BCUT2D eigenvalue weighted by atomic mass is 9.72. The number of nitriles is 1. The Hall–Kier alpha value is -1.90. The molecule has 138 valence electrons. The largest absolute Gasteiger partial charge is 0.243 e. The Labute approximate surface area is 156 Å². The van der Waals surface area contributed by atoms with Gasteiger partial charge in [-0.15, -0.1) is 6.58 Å². The number of rotatable bonds is 3. The Kier molecular flexibility index (Phi) is 5.09. The molecule has 1 saturated heterocycles. The third-order valence-corrected chi connectivity index (χ3v) is 7.92. The van der Waals surface area contributed by atoms with E-state index >= 15 is 0 Å². The van der Waals surface area contributed by atoms with Crippen LogP contribution in [0.1, 0.15) is 44.6 Å². The maximum absolute atomic E-state index is 13.5. The molecule has 4 nitrogen and oxygen atoms in total. The summed E-state index contributed by atoms with van der Waals surface area (Å²) < 4.78 is 28.7. The first kappa shape index (κ1) is 18.9. The molecular formula is C21H26N2O2S. The zero-order chi connectivity index (χ0) is 18.9. The van der Waals surface area contributed by atoms with Gasteiger partial charge in [-0.3, -0.25) is 0 Å². The fourth-order valence-corrected chi connectivity index (χ4v) is 6.38. The van der Waals surface area contributed by atoms with Crippen LogP contribution in [0.5, 0.6) is 0 Å². The van der Waals surface area contributed by atoms with Gasteiger partial charge in [-0.2, -0.15) is 9.57 Å². The van der Waals surface area contributed by atoms with Gasteiger partial charge in [-0.1, -0.05) is 43.0 Å². The molecule has 1 aliphatic carbocycles. The molecule has 26 heavy (non-hydrogen) atoms. The van der Waals surface area contributed by atoms with Crippen LogP contribution in [0.4, 0.5) is 0 Å². The molecule has 2 fully saturated rings. The first-order valence-electron chi connectivity index (χ1n) is 9.18. The van der Waals surface area contributed by atoms with Crippen molar-refractivity contribution in [1.82, 2.24) is 4.31 Å². The van der Waals surface area contributed by atoms with E-state index in [2.05, 4.69) is 12.6 Å². The van der Waals surface area contributed by atoms with Gasteiger partial charge in [0.2, 0.25) is 10.0 Å². The van der Waals surface area contributed by atoms with Gasteiger partial charge in [0.05, 0.1) is 11.0 Å². The number of hydrogen-bond donors (Lipinski definition) is 0. The van der Waals surface area contributed by atoms with Crippen LogP contribution in [0, 0.1) is 24.2 Å². The van der Waals surface area contributed by atoms with Crippen LogP contribution in [0.15, 0.2) is 53.0 Å². The summed E-state index contributed by atoms with van der Waals surface area (Å²) in [6.07, 6.45) is 6.62. The summed E-state index contributed by atoms with van der Waals surface area (Å²) in [6.45, 7) is 8.01. The molecule has 0 amide bonds. The molecule has 0 N–H and O–H groups in total. The summed E-state index contributed by atoms with van der Waals surface area (Å²) in [4.78, 5) is 0.326. The van der Waals surface area contributed by atoms with Gasteiger partial charge in [0.15, 0.2) is 0 Å². The zero-order valence-corrected chi connectivity index (χ0v) is 16.3. The van der Waals surface area contributed by atoms with Crippen molar-refractivity contribution in [2.45, 2.75) is 56.4 Å². The number of nitrogens with zero attached hydrogens (tertiary/aromatic N) is 2. The Morgan fingerprint density at radius 1 is 1.27 bits per heavy atom. The topological polar surface area (TPSA) is 61.2 Å². The molecule has 1 spiro atoms. The Bertz CT molecular complexity index is 870. The van der Waals surface area contributed by atoms with Crippen LogP contribution in [0.3, 0.4) is 0 Å². The minimum Gasteiger partial charge on any atom is -0.207 e. The number of hydrogen-bond acceptors (Lipinski definition) is 3. The molecule has 1 atom stereocenters. The molecule has 0 aromatic heterocycles. The van der Waals surface area contributed by atoms with E-state index in [9.17, 15) is 13.7 Å². The normalized spacial score (nSPS) is 25.0. The van der Waals surface area contributed by atoms with Crippen molar-refractivity contribution in [3.63, 3.8) is 0 Å². The van der Waals surface area contributed by atoms with Crippen LogP contribution in [-0.4, -0.2) is 24.8 Å². The fourth-order valence-electron chi connectivity index (χ4n) is 4.56. The number of aryl methyl sites for hydroxylation is 1. The van der Waals surface area contributed by atoms with E-state index in [0.29, 0.717) is 10.5 Å². The van der Waals surface area contributed by atoms with Gasteiger partial charge < -0.3 is 0 Å². The smallest absolute Gasteiger partial charge is 0.207 e. The van der Waals surface area contributed by atoms with E-state index in [4.69, 9.17) is 0 Å². The highest BCUT2D eigenvalue weighted by Crippen LogP contribution is 2.51. The molecule has 0 radical (unpaired) electrons. The lowest BCUT2D eigenvalue weighted by Gasteiger charge is -2.43. The Morgan fingerprint density at radius 3 is 2.42 bits per heavy atom. The molecular weight excluding hydrogens is 344 g/mol. The zero-order valence-electron chi connectivity index (χ0n) is 15.5. The highest BCUT2D eigenvalue weighted by Gasteiger charge is 2.55. The number of benzene rings is 1. The summed E-state index contributed by atoms with van der Waals surface area (Å²) in [5, 5.41) is 9.42. The highest BCUT2D eigenvalue weighted by molar-refractivity contribution is 7.89. The second-order valence-corrected chi connectivity index (χ2v) is 9.33. The summed E-state index contributed by atoms with van der Waals surface area (Å²) in [7, 11) is -3.64. The third-order valence-electron chi connectivity index (χ3n) is 5.98. The molecule has 1 aliphatic heterocycles. The van der Waals surface area contributed by atoms with Crippen LogP contribution < -0.4 is 0 Å². The van der Waals surface area contributed by atoms with E-state index < -0.39 is 15.6 Å². The van der Waals surface area contributed by atoms with Crippen molar-refractivity contribution in [3.8, 4) is 6.07 Å². The second-order valence-electron chi connectivity index (χ2n) is 7.46. The summed E-state index contributed by atoms with van der Waals surface area (Å²) in [5.74, 6) is -0.0947. The molecule has 1 unspecified atom stereocenters. The minimum absolute atomic E-state index is 0.0947. The van der Waals surface area contributed by atoms with Crippen molar-refractivity contribution in [3.05, 3.63) is 53.6 Å². The quantitative estimate of drug-likeness (QED) is 0.587. The first-order valence-corrected chi connectivity index (χ1v) is 10.6. The Balaban J connectivity index is 2.16. The van der Waals surface area contributed by atoms with Gasteiger partial charge in [0, 0.05) is 23.6 Å². The molecule has 1 aromatic rings. The van der Waals surface area contributed by atoms with Crippen LogP contribution in [0.2, 0.25) is 0 Å². The van der Waals surface area contributed by atoms with Crippen molar-refractivity contribution < 1.29 is 8.42 Å². The standard InChI is InChI=1S/C21H26N2O2S/c1-4-20-19(17(3)14-22)15-23(21(20)12-6-5-7-13-21)26(24,25)18-10-8-16(2)9-11-18/h4,8-11,20H,1,5-7,12-13,15H2,2-3H3/b19-17+. The van der Waals surface area contributed by atoms with Crippen molar-refractivity contribution in [1.29, 1.82) is 5.26 Å². The molecule has 3 rings (SSSR count). The van der Waals surface area contributed by atoms with Crippen LogP contribution in [0.25, 0.3) is 0 Å². The van der Waals surface area contributed by atoms with Gasteiger partial charge in [-0.05, 0) is 44.4 Å². The van der Waals surface area contributed by atoms with Gasteiger partial charge >= 0.3 is 0 Å². The Morgan fingerprint density at radius 2 is 1.88 bits per heavy atom. The average molecular weight is 371 g/mol. The summed E-state index contributed by atoms with van der Waals surface area (Å²) in [5.41, 5.74) is 2.06. The monoisotopic (exact) mass is 370 g/mol. The van der Waals surface area contributed by atoms with Crippen molar-refractivity contribution in [2.75, 3.05) is 6.54 Å². The first-order chi connectivity index (χ1) is 12.4. The number of sulfonamides is 1. The fraction of sp³-hybridized carbons (Fsp3) is 0.476. The molecule has 1 heterocycles. The highest BCUT2D eigenvalue weighted by atomic mass is 32.2. The van der Waals surface area contributed by atoms with Gasteiger partial charge in [0.1, 0.15) is 0 Å². The molecule has 5 heteroatoms. The maximum Gasteiger partial charge on any atom is 0.243 e. The lowest BCUT2D eigenvalue weighted by molar-refractivity contribution is 0.145. The molecule has 1 saturated carbocycles. The van der Waals surface area contributed by atoms with E-state index in [-0.39, 0.29) is 12.5 Å². The number of allylic oxidation sites excluding steroid dienone is 1. The SMILES string of the molecule is C=CC1/C(=C(\C)C#N)CN(S(=O)(=O)c2ccc(C)cc2)C12CCCCC2. The van der Waals surface area contributed by atoms with E-state index in [0.717, 1.165) is 43.2 Å².